The van der Waals surface area contributed by atoms with Crippen LogP contribution in [0.5, 0.6) is 5.75 Å². The van der Waals surface area contributed by atoms with Crippen LogP contribution >= 0.6 is 0 Å². The maximum absolute atomic E-state index is 13.6. The van der Waals surface area contributed by atoms with Gasteiger partial charge in [0.1, 0.15) is 17.4 Å². The van der Waals surface area contributed by atoms with Crippen LogP contribution in [-0.4, -0.2) is 20.2 Å². The smallest absolute Gasteiger partial charge is 0.133 e. The van der Waals surface area contributed by atoms with E-state index in [4.69, 9.17) is 4.74 Å². The minimum Gasteiger partial charge on any atom is -0.497 e. The monoisotopic (exact) mass is 257 g/mol. The van der Waals surface area contributed by atoms with Gasteiger partial charge in [0.2, 0.25) is 0 Å². The molecule has 0 amide bonds. The van der Waals surface area contributed by atoms with E-state index in [0.29, 0.717) is 6.42 Å². The van der Waals surface area contributed by atoms with Crippen LogP contribution in [0.4, 0.5) is 8.78 Å². The zero-order valence-electron chi connectivity index (χ0n) is 11.1. The van der Waals surface area contributed by atoms with Gasteiger partial charge in [0.15, 0.2) is 0 Å². The number of halogens is 2. The molecule has 4 heteroatoms. The number of hydrogen-bond acceptors (Lipinski definition) is 2. The Morgan fingerprint density at radius 2 is 1.78 bits per heavy atom. The Morgan fingerprint density at radius 1 is 1.11 bits per heavy atom. The summed E-state index contributed by atoms with van der Waals surface area (Å²) >= 11 is 0. The second kappa shape index (κ2) is 8.03. The highest BCUT2D eigenvalue weighted by Gasteiger charge is 2.11. The van der Waals surface area contributed by atoms with E-state index < -0.39 is 11.6 Å². The van der Waals surface area contributed by atoms with E-state index >= 15 is 0 Å². The Labute approximate surface area is 107 Å². The van der Waals surface area contributed by atoms with Gasteiger partial charge in [0.25, 0.3) is 0 Å². The molecule has 0 heterocycles. The number of benzene rings is 1. The first-order chi connectivity index (χ1) is 8.69. The SMILES string of the molecule is CCCNCCCCc1c(F)cc(OC)cc1F. The zero-order chi connectivity index (χ0) is 13.4. The van der Waals surface area contributed by atoms with Crippen LogP contribution in [0.25, 0.3) is 0 Å². The normalized spacial score (nSPS) is 10.7. The summed E-state index contributed by atoms with van der Waals surface area (Å²) in [6, 6.07) is 2.46. The van der Waals surface area contributed by atoms with Crippen LogP contribution in [0, 0.1) is 11.6 Å². The average molecular weight is 257 g/mol. The molecule has 2 nitrogen and oxygen atoms in total. The lowest BCUT2D eigenvalue weighted by molar-refractivity contribution is 0.405. The predicted octanol–water partition coefficient (Wildman–Crippen LogP) is 3.30. The van der Waals surface area contributed by atoms with E-state index in [1.54, 1.807) is 0 Å². The number of nitrogens with one attached hydrogen (secondary N) is 1. The molecule has 0 saturated heterocycles. The molecule has 1 rings (SSSR count). The molecule has 1 aromatic carbocycles. The van der Waals surface area contributed by atoms with Crippen molar-refractivity contribution in [2.45, 2.75) is 32.6 Å². The molecule has 0 fully saturated rings. The van der Waals surface area contributed by atoms with E-state index in [0.717, 1.165) is 32.4 Å². The molecule has 0 unspecified atom stereocenters. The Morgan fingerprint density at radius 3 is 2.33 bits per heavy atom. The number of unbranched alkanes of at least 4 members (excludes halogenated alkanes) is 1. The molecular weight excluding hydrogens is 236 g/mol. The first kappa shape index (κ1) is 14.9. The minimum absolute atomic E-state index is 0.159. The van der Waals surface area contributed by atoms with Gasteiger partial charge in [-0.15, -0.1) is 0 Å². The van der Waals surface area contributed by atoms with Gasteiger partial charge in [-0.1, -0.05) is 6.92 Å². The molecule has 0 bridgehead atoms. The average Bonchev–Trinajstić information content (AvgIpc) is 2.35. The quantitative estimate of drug-likeness (QED) is 0.721. The largest absolute Gasteiger partial charge is 0.497 e. The third kappa shape index (κ3) is 4.61. The molecule has 102 valence electrons. The highest BCUT2D eigenvalue weighted by Crippen LogP contribution is 2.21. The van der Waals surface area contributed by atoms with Crippen molar-refractivity contribution in [3.05, 3.63) is 29.3 Å². The number of rotatable bonds is 8. The van der Waals surface area contributed by atoms with Crippen molar-refractivity contribution >= 4 is 0 Å². The molecule has 0 saturated carbocycles. The Balaban J connectivity index is 2.42. The fourth-order valence-corrected chi connectivity index (χ4v) is 1.79. The van der Waals surface area contributed by atoms with Crippen LogP contribution < -0.4 is 10.1 Å². The van der Waals surface area contributed by atoms with Crippen molar-refractivity contribution in [2.75, 3.05) is 20.2 Å². The molecule has 0 aromatic heterocycles. The summed E-state index contributed by atoms with van der Waals surface area (Å²) in [5.41, 5.74) is 0.159. The molecule has 0 radical (unpaired) electrons. The molecule has 0 aliphatic heterocycles. The van der Waals surface area contributed by atoms with Crippen LogP contribution in [0.1, 0.15) is 31.7 Å². The van der Waals surface area contributed by atoms with Crippen molar-refractivity contribution in [1.82, 2.24) is 5.32 Å². The summed E-state index contributed by atoms with van der Waals surface area (Å²) < 4.78 is 32.0. The lowest BCUT2D eigenvalue weighted by Gasteiger charge is -2.08. The predicted molar refractivity (Wildman–Crippen MR) is 69.0 cm³/mol. The van der Waals surface area contributed by atoms with Gasteiger partial charge in [0, 0.05) is 17.7 Å². The van der Waals surface area contributed by atoms with Crippen molar-refractivity contribution in [3.63, 3.8) is 0 Å². The number of hydrogen-bond donors (Lipinski definition) is 1. The summed E-state index contributed by atoms with van der Waals surface area (Å²) in [6.45, 7) is 3.99. The number of ether oxygens (including phenoxy) is 1. The van der Waals surface area contributed by atoms with E-state index in [2.05, 4.69) is 12.2 Å². The molecule has 18 heavy (non-hydrogen) atoms. The Hall–Kier alpha value is -1.16. The molecule has 0 aliphatic rings. The molecular formula is C14H21F2NO. The van der Waals surface area contributed by atoms with Gasteiger partial charge in [-0.2, -0.15) is 0 Å². The maximum Gasteiger partial charge on any atom is 0.133 e. The van der Waals surface area contributed by atoms with E-state index in [1.807, 2.05) is 0 Å². The summed E-state index contributed by atoms with van der Waals surface area (Å²) in [5, 5.41) is 3.26. The summed E-state index contributed by atoms with van der Waals surface area (Å²) in [6.07, 6.45) is 3.22. The minimum atomic E-state index is -0.520. The molecule has 1 N–H and O–H groups in total. The van der Waals surface area contributed by atoms with Gasteiger partial charge in [0.05, 0.1) is 7.11 Å². The van der Waals surface area contributed by atoms with Crippen LogP contribution in [-0.2, 0) is 6.42 Å². The second-order valence-corrected chi connectivity index (χ2v) is 4.28. The fourth-order valence-electron chi connectivity index (χ4n) is 1.79. The highest BCUT2D eigenvalue weighted by molar-refractivity contribution is 5.30. The molecule has 0 aliphatic carbocycles. The lowest BCUT2D eigenvalue weighted by atomic mass is 10.1. The third-order valence-electron chi connectivity index (χ3n) is 2.81. The van der Waals surface area contributed by atoms with E-state index in [9.17, 15) is 8.78 Å². The van der Waals surface area contributed by atoms with Crippen molar-refractivity contribution < 1.29 is 13.5 Å². The Bertz CT molecular complexity index is 346. The maximum atomic E-state index is 13.6. The van der Waals surface area contributed by atoms with Crippen molar-refractivity contribution in [3.8, 4) is 5.75 Å². The van der Waals surface area contributed by atoms with Gasteiger partial charge >= 0.3 is 0 Å². The van der Waals surface area contributed by atoms with E-state index in [1.165, 1.54) is 19.2 Å². The summed E-state index contributed by atoms with van der Waals surface area (Å²) in [4.78, 5) is 0. The van der Waals surface area contributed by atoms with Crippen LogP contribution in [0.3, 0.4) is 0 Å². The molecule has 0 spiro atoms. The van der Waals surface area contributed by atoms with Gasteiger partial charge in [-0.25, -0.2) is 8.78 Å². The highest BCUT2D eigenvalue weighted by atomic mass is 19.1. The van der Waals surface area contributed by atoms with Gasteiger partial charge in [-0.3, -0.25) is 0 Å². The standard InChI is InChI=1S/C14H21F2NO/c1-3-7-17-8-5-4-6-12-13(15)9-11(18-2)10-14(12)16/h9-10,17H,3-8H2,1-2H3. The number of methoxy groups -OCH3 is 1. The first-order valence-corrected chi connectivity index (χ1v) is 6.41. The molecule has 1 aromatic rings. The third-order valence-corrected chi connectivity index (χ3v) is 2.81. The summed E-state index contributed by atoms with van der Waals surface area (Å²) in [5.74, 6) is -0.819. The summed E-state index contributed by atoms with van der Waals surface area (Å²) in [7, 11) is 1.40. The molecule has 0 atom stereocenters. The zero-order valence-corrected chi connectivity index (χ0v) is 11.1. The fraction of sp³-hybridized carbons (Fsp3) is 0.571. The topological polar surface area (TPSA) is 21.3 Å². The lowest BCUT2D eigenvalue weighted by Crippen LogP contribution is -2.16. The Kier molecular flexibility index (Phi) is 6.65. The van der Waals surface area contributed by atoms with E-state index in [-0.39, 0.29) is 11.3 Å². The van der Waals surface area contributed by atoms with Crippen molar-refractivity contribution in [2.24, 2.45) is 0 Å². The van der Waals surface area contributed by atoms with Crippen LogP contribution in [0.15, 0.2) is 12.1 Å². The van der Waals surface area contributed by atoms with Crippen LogP contribution in [0.2, 0.25) is 0 Å². The van der Waals surface area contributed by atoms with Gasteiger partial charge in [-0.05, 0) is 38.8 Å². The van der Waals surface area contributed by atoms with Crippen molar-refractivity contribution in [1.29, 1.82) is 0 Å². The van der Waals surface area contributed by atoms with Gasteiger partial charge < -0.3 is 10.1 Å². The first-order valence-electron chi connectivity index (χ1n) is 6.41. The second-order valence-electron chi connectivity index (χ2n) is 4.28.